The number of aryl methyl sites for hydroxylation is 1. The molecule has 1 N–H and O–H groups in total. The van der Waals surface area contributed by atoms with Gasteiger partial charge in [-0.25, -0.2) is 4.79 Å². The van der Waals surface area contributed by atoms with E-state index in [4.69, 9.17) is 5.11 Å². The minimum absolute atomic E-state index is 0.00710. The molecule has 1 aromatic carbocycles. The molecule has 0 radical (unpaired) electrons. The Bertz CT molecular complexity index is 723. The van der Waals surface area contributed by atoms with Gasteiger partial charge < -0.3 is 10.0 Å². The number of aromatic carboxylic acids is 1. The number of carboxylic acids is 1. The van der Waals surface area contributed by atoms with Crippen LogP contribution >= 0.6 is 0 Å². The largest absolute Gasteiger partial charge is 0.476 e. The third-order valence-electron chi connectivity index (χ3n) is 3.89. The minimum Gasteiger partial charge on any atom is -0.476 e. The van der Waals surface area contributed by atoms with Gasteiger partial charge in [-0.2, -0.15) is 5.10 Å². The summed E-state index contributed by atoms with van der Waals surface area (Å²) >= 11 is 0. The zero-order valence-corrected chi connectivity index (χ0v) is 12.3. The second-order valence-electron chi connectivity index (χ2n) is 5.46. The summed E-state index contributed by atoms with van der Waals surface area (Å²) in [5.74, 6) is -1.03. The Morgan fingerprint density at radius 3 is 2.82 bits per heavy atom. The molecule has 0 aliphatic carbocycles. The molecule has 0 saturated carbocycles. The molecule has 1 aromatic heterocycles. The molecule has 1 atom stereocenters. The lowest BCUT2D eigenvalue weighted by molar-refractivity contribution is -0.119. The number of benzene rings is 1. The highest BCUT2D eigenvalue weighted by atomic mass is 16.4. The van der Waals surface area contributed by atoms with Gasteiger partial charge in [-0.1, -0.05) is 18.2 Å². The van der Waals surface area contributed by atoms with Crippen molar-refractivity contribution in [3.63, 3.8) is 0 Å². The standard InChI is InChI=1S/C16H17N3O3/c1-11-10-12-4-2-3-5-14(12)19(11)15(20)7-9-18-8-6-13(17-18)16(21)22/h2-6,8,11H,7,9-10H2,1H3,(H,21,22). The molecular formula is C16H17N3O3. The fourth-order valence-corrected chi connectivity index (χ4v) is 2.88. The average Bonchev–Trinajstić information content (AvgIpc) is 3.08. The number of amides is 1. The van der Waals surface area contributed by atoms with Crippen molar-refractivity contribution >= 4 is 17.6 Å². The van der Waals surface area contributed by atoms with Crippen molar-refractivity contribution in [2.45, 2.75) is 32.4 Å². The van der Waals surface area contributed by atoms with Crippen molar-refractivity contribution in [1.29, 1.82) is 0 Å². The fraction of sp³-hybridized carbons (Fsp3) is 0.312. The number of carbonyl (C=O) groups is 2. The lowest BCUT2D eigenvalue weighted by Gasteiger charge is -2.22. The molecule has 3 rings (SSSR count). The molecule has 114 valence electrons. The third-order valence-corrected chi connectivity index (χ3v) is 3.89. The number of hydrogen-bond donors (Lipinski definition) is 1. The zero-order chi connectivity index (χ0) is 15.7. The monoisotopic (exact) mass is 299 g/mol. The van der Waals surface area contributed by atoms with Gasteiger partial charge in [0.1, 0.15) is 0 Å². The normalized spacial score (nSPS) is 16.6. The first-order valence-electron chi connectivity index (χ1n) is 7.23. The number of hydrogen-bond acceptors (Lipinski definition) is 3. The molecular weight excluding hydrogens is 282 g/mol. The number of anilines is 1. The van der Waals surface area contributed by atoms with E-state index in [-0.39, 0.29) is 17.6 Å². The molecule has 1 aliphatic heterocycles. The second kappa shape index (κ2) is 5.63. The van der Waals surface area contributed by atoms with E-state index >= 15 is 0 Å². The van der Waals surface area contributed by atoms with Crippen molar-refractivity contribution in [2.24, 2.45) is 0 Å². The van der Waals surface area contributed by atoms with Crippen molar-refractivity contribution < 1.29 is 14.7 Å². The van der Waals surface area contributed by atoms with Gasteiger partial charge in [0.05, 0.1) is 0 Å². The maximum Gasteiger partial charge on any atom is 0.356 e. The van der Waals surface area contributed by atoms with Crippen molar-refractivity contribution in [2.75, 3.05) is 4.90 Å². The van der Waals surface area contributed by atoms with E-state index in [0.29, 0.717) is 13.0 Å². The van der Waals surface area contributed by atoms with Gasteiger partial charge >= 0.3 is 5.97 Å². The van der Waals surface area contributed by atoms with Crippen LogP contribution in [-0.2, 0) is 17.8 Å². The van der Waals surface area contributed by atoms with E-state index in [0.717, 1.165) is 12.1 Å². The molecule has 1 unspecified atom stereocenters. The first-order valence-corrected chi connectivity index (χ1v) is 7.23. The Labute approximate surface area is 128 Å². The number of carbonyl (C=O) groups excluding carboxylic acids is 1. The predicted molar refractivity (Wildman–Crippen MR) is 80.9 cm³/mol. The van der Waals surface area contributed by atoms with Crippen LogP contribution in [0, 0.1) is 0 Å². The van der Waals surface area contributed by atoms with E-state index in [1.54, 1.807) is 6.20 Å². The highest BCUT2D eigenvalue weighted by molar-refractivity contribution is 5.96. The van der Waals surface area contributed by atoms with Gasteiger partial charge in [-0.05, 0) is 31.0 Å². The van der Waals surface area contributed by atoms with Crippen LogP contribution in [0.4, 0.5) is 5.69 Å². The topological polar surface area (TPSA) is 75.4 Å². The van der Waals surface area contributed by atoms with E-state index in [1.807, 2.05) is 36.1 Å². The zero-order valence-electron chi connectivity index (χ0n) is 12.3. The van der Waals surface area contributed by atoms with Crippen LogP contribution in [0.3, 0.4) is 0 Å². The first kappa shape index (κ1) is 14.3. The van der Waals surface area contributed by atoms with Crippen LogP contribution in [-0.4, -0.2) is 32.8 Å². The average molecular weight is 299 g/mol. The van der Waals surface area contributed by atoms with Crippen LogP contribution < -0.4 is 4.90 Å². The Morgan fingerprint density at radius 1 is 1.32 bits per heavy atom. The maximum absolute atomic E-state index is 12.5. The third kappa shape index (κ3) is 2.59. The smallest absolute Gasteiger partial charge is 0.356 e. The highest BCUT2D eigenvalue weighted by Gasteiger charge is 2.30. The molecule has 0 saturated heterocycles. The highest BCUT2D eigenvalue weighted by Crippen LogP contribution is 2.32. The molecule has 0 bridgehead atoms. The van der Waals surface area contributed by atoms with Crippen LogP contribution in [0.25, 0.3) is 0 Å². The maximum atomic E-state index is 12.5. The van der Waals surface area contributed by atoms with Crippen molar-refractivity contribution in [3.8, 4) is 0 Å². The van der Waals surface area contributed by atoms with Gasteiger partial charge in [0, 0.05) is 30.9 Å². The Morgan fingerprint density at radius 2 is 2.09 bits per heavy atom. The number of nitrogens with zero attached hydrogens (tertiary/aromatic N) is 3. The van der Waals surface area contributed by atoms with Crippen molar-refractivity contribution in [1.82, 2.24) is 9.78 Å². The van der Waals surface area contributed by atoms with E-state index in [1.165, 1.54) is 16.3 Å². The van der Waals surface area contributed by atoms with Crippen LogP contribution in [0.2, 0.25) is 0 Å². The molecule has 1 amide bonds. The van der Waals surface area contributed by atoms with Gasteiger partial charge in [-0.15, -0.1) is 0 Å². The summed E-state index contributed by atoms with van der Waals surface area (Å²) in [6, 6.07) is 9.51. The van der Waals surface area contributed by atoms with Gasteiger partial charge in [-0.3, -0.25) is 9.48 Å². The van der Waals surface area contributed by atoms with E-state index < -0.39 is 5.97 Å². The summed E-state index contributed by atoms with van der Waals surface area (Å²) in [7, 11) is 0. The minimum atomic E-state index is -1.06. The first-order chi connectivity index (χ1) is 10.6. The lowest BCUT2D eigenvalue weighted by Crippen LogP contribution is -2.36. The van der Waals surface area contributed by atoms with Crippen LogP contribution in [0.5, 0.6) is 0 Å². The summed E-state index contributed by atoms with van der Waals surface area (Å²) in [4.78, 5) is 25.1. The quantitative estimate of drug-likeness (QED) is 0.936. The molecule has 22 heavy (non-hydrogen) atoms. The van der Waals surface area contributed by atoms with Gasteiger partial charge in [0.15, 0.2) is 5.69 Å². The molecule has 0 spiro atoms. The molecule has 6 nitrogen and oxygen atoms in total. The second-order valence-corrected chi connectivity index (χ2v) is 5.46. The molecule has 2 aromatic rings. The molecule has 6 heteroatoms. The fourth-order valence-electron chi connectivity index (χ4n) is 2.88. The van der Waals surface area contributed by atoms with E-state index in [2.05, 4.69) is 5.10 Å². The summed E-state index contributed by atoms with van der Waals surface area (Å²) in [6.45, 7) is 2.41. The number of rotatable bonds is 4. The van der Waals surface area contributed by atoms with Gasteiger partial charge in [0.2, 0.25) is 5.91 Å². The molecule has 2 heterocycles. The number of para-hydroxylation sites is 1. The number of aromatic nitrogens is 2. The molecule has 1 aliphatic rings. The predicted octanol–water partition coefficient (Wildman–Crippen LogP) is 1.95. The molecule has 0 fully saturated rings. The summed E-state index contributed by atoms with van der Waals surface area (Å²) in [5.41, 5.74) is 2.16. The van der Waals surface area contributed by atoms with Gasteiger partial charge in [0.25, 0.3) is 0 Å². The summed E-state index contributed by atoms with van der Waals surface area (Å²) in [6.07, 6.45) is 2.74. The summed E-state index contributed by atoms with van der Waals surface area (Å²) < 4.78 is 1.49. The van der Waals surface area contributed by atoms with Crippen LogP contribution in [0.15, 0.2) is 36.5 Å². The number of fused-ring (bicyclic) bond motifs is 1. The summed E-state index contributed by atoms with van der Waals surface area (Å²) in [5, 5.41) is 12.8. The van der Waals surface area contributed by atoms with Crippen molar-refractivity contribution in [3.05, 3.63) is 47.8 Å². The Hall–Kier alpha value is -2.63. The van der Waals surface area contributed by atoms with E-state index in [9.17, 15) is 9.59 Å². The Kier molecular flexibility index (Phi) is 3.66. The Balaban J connectivity index is 1.68. The number of carboxylic acid groups (broad SMARTS) is 1. The van der Waals surface area contributed by atoms with Crippen LogP contribution in [0.1, 0.15) is 29.4 Å². The lowest BCUT2D eigenvalue weighted by atomic mass is 10.1. The SMILES string of the molecule is CC1Cc2ccccc2N1C(=O)CCn1ccc(C(=O)O)n1.